The van der Waals surface area contributed by atoms with E-state index in [0.29, 0.717) is 29.4 Å². The molecule has 7 heteroatoms. The number of amides is 1. The first-order valence-electron chi connectivity index (χ1n) is 10.2. The van der Waals surface area contributed by atoms with Crippen LogP contribution in [0.25, 0.3) is 0 Å². The number of fused-ring (bicyclic) bond motifs is 1. The Kier molecular flexibility index (Phi) is 7.48. The Morgan fingerprint density at radius 2 is 1.93 bits per heavy atom. The number of hydrogen-bond acceptors (Lipinski definition) is 6. The summed E-state index contributed by atoms with van der Waals surface area (Å²) in [6.45, 7) is 4.78. The van der Waals surface area contributed by atoms with Crippen LogP contribution < -0.4 is 9.47 Å². The molecule has 0 radical (unpaired) electrons. The molecule has 6 nitrogen and oxygen atoms in total. The zero-order valence-electron chi connectivity index (χ0n) is 16.6. The lowest BCUT2D eigenvalue weighted by Crippen LogP contribution is -2.46. The summed E-state index contributed by atoms with van der Waals surface area (Å²) in [6, 6.07) is 4.66. The molecule has 28 heavy (non-hydrogen) atoms. The van der Waals surface area contributed by atoms with Gasteiger partial charge in [0.15, 0.2) is 11.5 Å². The quantitative estimate of drug-likeness (QED) is 0.451. The molecule has 2 unspecified atom stereocenters. The standard InChI is InChI=1S/C21H29NO5S/c1-3-5-7-8-19-22(16(13-28-19)21(24)25-11-6-4-2)20(23)15-9-10-17-18(12-15)27-14-26-17/h9-10,12,16,19H,3-8,11,13-14H2,1-2H3. The number of esters is 1. The van der Waals surface area contributed by atoms with Crippen molar-refractivity contribution >= 4 is 23.6 Å². The molecule has 1 aromatic carbocycles. The van der Waals surface area contributed by atoms with Crippen LogP contribution in [-0.4, -0.2) is 47.3 Å². The highest BCUT2D eigenvalue weighted by molar-refractivity contribution is 8.00. The summed E-state index contributed by atoms with van der Waals surface area (Å²) in [7, 11) is 0. The van der Waals surface area contributed by atoms with Gasteiger partial charge in [-0.25, -0.2) is 4.79 Å². The number of benzene rings is 1. The van der Waals surface area contributed by atoms with E-state index in [9.17, 15) is 9.59 Å². The normalized spacial score (nSPS) is 20.4. The Hall–Kier alpha value is -1.89. The molecule has 1 aromatic rings. The molecule has 2 heterocycles. The van der Waals surface area contributed by atoms with Crippen LogP contribution >= 0.6 is 11.8 Å². The highest BCUT2D eigenvalue weighted by Crippen LogP contribution is 2.37. The molecule has 154 valence electrons. The molecule has 2 aliphatic heterocycles. The number of carbonyl (C=O) groups is 2. The lowest BCUT2D eigenvalue weighted by Gasteiger charge is -2.28. The first kappa shape index (κ1) is 20.8. The van der Waals surface area contributed by atoms with Crippen LogP contribution in [0.3, 0.4) is 0 Å². The summed E-state index contributed by atoms with van der Waals surface area (Å²) >= 11 is 1.67. The van der Waals surface area contributed by atoms with Crippen molar-refractivity contribution in [1.82, 2.24) is 4.90 Å². The second kappa shape index (κ2) is 10.0. The molecule has 0 spiro atoms. The summed E-state index contributed by atoms with van der Waals surface area (Å²) in [6.07, 6.45) is 5.96. The Morgan fingerprint density at radius 1 is 1.14 bits per heavy atom. The van der Waals surface area contributed by atoms with Gasteiger partial charge in [-0.1, -0.05) is 39.5 Å². The molecule has 0 aromatic heterocycles. The van der Waals surface area contributed by atoms with Crippen molar-refractivity contribution in [3.8, 4) is 11.5 Å². The maximum Gasteiger partial charge on any atom is 0.329 e. The molecule has 1 saturated heterocycles. The molecule has 3 rings (SSSR count). The molecule has 0 aliphatic carbocycles. The topological polar surface area (TPSA) is 65.1 Å². The zero-order valence-corrected chi connectivity index (χ0v) is 17.5. The second-order valence-electron chi connectivity index (χ2n) is 7.10. The number of hydrogen-bond donors (Lipinski definition) is 0. The summed E-state index contributed by atoms with van der Waals surface area (Å²) in [5, 5.41) is -0.00630. The summed E-state index contributed by atoms with van der Waals surface area (Å²) in [5.41, 5.74) is 0.513. The maximum atomic E-state index is 13.3. The largest absolute Gasteiger partial charge is 0.464 e. The first-order valence-corrected chi connectivity index (χ1v) is 11.2. The van der Waals surface area contributed by atoms with Gasteiger partial charge in [-0.15, -0.1) is 11.8 Å². The molecule has 2 atom stereocenters. The van der Waals surface area contributed by atoms with Gasteiger partial charge >= 0.3 is 5.97 Å². The molecule has 2 aliphatic rings. The van der Waals surface area contributed by atoms with E-state index in [1.54, 1.807) is 34.9 Å². The van der Waals surface area contributed by atoms with Gasteiger partial charge in [-0.05, 0) is 31.0 Å². The van der Waals surface area contributed by atoms with E-state index in [1.807, 2.05) is 0 Å². The molecule has 1 amide bonds. The van der Waals surface area contributed by atoms with Gasteiger partial charge in [0.1, 0.15) is 6.04 Å². The van der Waals surface area contributed by atoms with E-state index in [2.05, 4.69) is 13.8 Å². The fraction of sp³-hybridized carbons (Fsp3) is 0.619. The second-order valence-corrected chi connectivity index (χ2v) is 8.31. The number of unbranched alkanes of at least 4 members (excludes halogenated alkanes) is 3. The van der Waals surface area contributed by atoms with Gasteiger partial charge in [0.25, 0.3) is 5.91 Å². The third-order valence-corrected chi connectivity index (χ3v) is 6.37. The average Bonchev–Trinajstić information content (AvgIpc) is 3.34. The highest BCUT2D eigenvalue weighted by atomic mass is 32.2. The highest BCUT2D eigenvalue weighted by Gasteiger charge is 2.42. The third kappa shape index (κ3) is 4.74. The SMILES string of the molecule is CCCCCC1SCC(C(=O)OCCCC)N1C(=O)c1ccc2c(c1)OCO2. The van der Waals surface area contributed by atoms with Crippen molar-refractivity contribution in [3.63, 3.8) is 0 Å². The Morgan fingerprint density at radius 3 is 2.71 bits per heavy atom. The van der Waals surface area contributed by atoms with Crippen LogP contribution in [0.1, 0.15) is 62.7 Å². The summed E-state index contributed by atoms with van der Waals surface area (Å²) in [5.74, 6) is 1.35. The zero-order chi connectivity index (χ0) is 19.9. The molecular weight excluding hydrogens is 378 g/mol. The minimum absolute atomic E-state index is 0.00630. The van der Waals surface area contributed by atoms with Gasteiger partial charge < -0.3 is 19.1 Å². The third-order valence-electron chi connectivity index (χ3n) is 5.02. The monoisotopic (exact) mass is 407 g/mol. The van der Waals surface area contributed by atoms with Crippen LogP contribution in [0.5, 0.6) is 11.5 Å². The number of nitrogens with zero attached hydrogens (tertiary/aromatic N) is 1. The van der Waals surface area contributed by atoms with Crippen molar-refractivity contribution in [2.75, 3.05) is 19.2 Å². The predicted molar refractivity (Wildman–Crippen MR) is 109 cm³/mol. The van der Waals surface area contributed by atoms with Crippen molar-refractivity contribution in [2.24, 2.45) is 0 Å². The van der Waals surface area contributed by atoms with Crippen LogP contribution in [-0.2, 0) is 9.53 Å². The average molecular weight is 408 g/mol. The number of rotatable bonds is 9. The van der Waals surface area contributed by atoms with Crippen molar-refractivity contribution in [2.45, 2.75) is 63.8 Å². The lowest BCUT2D eigenvalue weighted by atomic mass is 10.1. The fourth-order valence-corrected chi connectivity index (χ4v) is 4.84. The van der Waals surface area contributed by atoms with Gasteiger partial charge in [-0.3, -0.25) is 4.79 Å². The molecule has 0 bridgehead atoms. The summed E-state index contributed by atoms with van der Waals surface area (Å²) in [4.78, 5) is 27.7. The summed E-state index contributed by atoms with van der Waals surface area (Å²) < 4.78 is 16.2. The molecule has 0 N–H and O–H groups in total. The fourth-order valence-electron chi connectivity index (χ4n) is 3.40. The van der Waals surface area contributed by atoms with Crippen molar-refractivity contribution < 1.29 is 23.8 Å². The Labute approximate surface area is 170 Å². The van der Waals surface area contributed by atoms with E-state index in [4.69, 9.17) is 14.2 Å². The van der Waals surface area contributed by atoms with E-state index < -0.39 is 6.04 Å². The molecule has 1 fully saturated rings. The number of thioether (sulfide) groups is 1. The van der Waals surface area contributed by atoms with E-state index in [-0.39, 0.29) is 24.0 Å². The van der Waals surface area contributed by atoms with Crippen LogP contribution in [0.2, 0.25) is 0 Å². The minimum atomic E-state index is -0.536. The number of ether oxygens (including phenoxy) is 3. The van der Waals surface area contributed by atoms with E-state index in [0.717, 1.165) is 38.5 Å². The van der Waals surface area contributed by atoms with Crippen molar-refractivity contribution in [1.29, 1.82) is 0 Å². The van der Waals surface area contributed by atoms with Gasteiger partial charge in [0.2, 0.25) is 6.79 Å². The van der Waals surface area contributed by atoms with Crippen molar-refractivity contribution in [3.05, 3.63) is 23.8 Å². The van der Waals surface area contributed by atoms with E-state index >= 15 is 0 Å². The smallest absolute Gasteiger partial charge is 0.329 e. The first-order chi connectivity index (χ1) is 13.7. The Bertz CT molecular complexity index is 695. The van der Waals surface area contributed by atoms with Crippen LogP contribution in [0, 0.1) is 0 Å². The minimum Gasteiger partial charge on any atom is -0.464 e. The molecule has 0 saturated carbocycles. The Balaban J connectivity index is 1.77. The van der Waals surface area contributed by atoms with Gasteiger partial charge in [0.05, 0.1) is 12.0 Å². The lowest BCUT2D eigenvalue weighted by molar-refractivity contribution is -0.148. The number of carbonyl (C=O) groups excluding carboxylic acids is 2. The van der Waals surface area contributed by atoms with Gasteiger partial charge in [-0.2, -0.15) is 0 Å². The van der Waals surface area contributed by atoms with Gasteiger partial charge in [0, 0.05) is 11.3 Å². The predicted octanol–water partition coefficient (Wildman–Crippen LogP) is 4.22. The van der Waals surface area contributed by atoms with E-state index in [1.165, 1.54) is 0 Å². The van der Waals surface area contributed by atoms with Crippen LogP contribution in [0.4, 0.5) is 0 Å². The maximum absolute atomic E-state index is 13.3. The molecular formula is C21H29NO5S. The van der Waals surface area contributed by atoms with Crippen LogP contribution in [0.15, 0.2) is 18.2 Å².